The van der Waals surface area contributed by atoms with Crippen LogP contribution in [0.5, 0.6) is 5.75 Å². The van der Waals surface area contributed by atoms with E-state index >= 15 is 0 Å². The fourth-order valence-electron chi connectivity index (χ4n) is 4.22. The normalized spacial score (nSPS) is 17.9. The molecule has 0 atom stereocenters. The highest BCUT2D eigenvalue weighted by Crippen LogP contribution is 2.36. The van der Waals surface area contributed by atoms with Gasteiger partial charge in [0.25, 0.3) is 5.79 Å². The van der Waals surface area contributed by atoms with Crippen molar-refractivity contribution in [3.63, 3.8) is 0 Å². The van der Waals surface area contributed by atoms with Gasteiger partial charge in [-0.3, -0.25) is 9.59 Å². The SMILES string of the molecule is COc1cc(N=C(C2C(=O)OC(C)(C)OC2=O)N2CCc3ccccc32)ccc1-c1cnco1. The first-order valence-electron chi connectivity index (χ1n) is 10.8. The van der Waals surface area contributed by atoms with E-state index in [9.17, 15) is 9.59 Å². The summed E-state index contributed by atoms with van der Waals surface area (Å²) in [5, 5.41) is 0. The molecule has 1 aromatic heterocycles. The van der Waals surface area contributed by atoms with E-state index in [1.807, 2.05) is 29.2 Å². The fourth-order valence-corrected chi connectivity index (χ4v) is 4.22. The van der Waals surface area contributed by atoms with Crippen LogP contribution in [-0.4, -0.2) is 42.2 Å². The molecular formula is C25H23N3O6. The summed E-state index contributed by atoms with van der Waals surface area (Å²) < 4.78 is 21.7. The predicted molar refractivity (Wildman–Crippen MR) is 123 cm³/mol. The number of rotatable bonds is 4. The number of carbonyl (C=O) groups excluding carboxylic acids is 2. The first kappa shape index (κ1) is 21.7. The van der Waals surface area contributed by atoms with E-state index in [-0.39, 0.29) is 5.84 Å². The third-order valence-corrected chi connectivity index (χ3v) is 5.71. The lowest BCUT2D eigenvalue weighted by Crippen LogP contribution is -2.52. The Hall–Kier alpha value is -4.14. The molecule has 2 aliphatic heterocycles. The second kappa shape index (κ2) is 8.33. The van der Waals surface area contributed by atoms with Gasteiger partial charge in [-0.2, -0.15) is 0 Å². The highest BCUT2D eigenvalue weighted by atomic mass is 16.7. The van der Waals surface area contributed by atoms with Crippen LogP contribution in [0.1, 0.15) is 19.4 Å². The van der Waals surface area contributed by atoms with Crippen molar-refractivity contribution < 1.29 is 28.2 Å². The summed E-state index contributed by atoms with van der Waals surface area (Å²) in [6.07, 6.45) is 3.68. The topological polar surface area (TPSA) is 103 Å². The Morgan fingerprint density at radius 2 is 1.91 bits per heavy atom. The maximum absolute atomic E-state index is 13.0. The minimum Gasteiger partial charge on any atom is -0.496 e. The number of para-hydroxylation sites is 1. The number of benzene rings is 2. The summed E-state index contributed by atoms with van der Waals surface area (Å²) in [5.74, 6) is -2.76. The number of amidine groups is 1. The third-order valence-electron chi connectivity index (χ3n) is 5.71. The molecule has 0 radical (unpaired) electrons. The molecule has 0 bridgehead atoms. The van der Waals surface area contributed by atoms with Crippen LogP contribution in [0, 0.1) is 5.92 Å². The second-order valence-electron chi connectivity index (χ2n) is 8.43. The molecule has 0 amide bonds. The molecule has 0 N–H and O–H groups in total. The van der Waals surface area contributed by atoms with Gasteiger partial charge in [0.15, 0.2) is 12.2 Å². The molecule has 2 aliphatic rings. The van der Waals surface area contributed by atoms with E-state index in [0.717, 1.165) is 17.7 Å². The summed E-state index contributed by atoms with van der Waals surface area (Å²) in [5.41, 5.74) is 3.18. The molecule has 3 heterocycles. The number of aromatic nitrogens is 1. The molecule has 1 saturated heterocycles. The van der Waals surface area contributed by atoms with Gasteiger partial charge >= 0.3 is 11.9 Å². The number of oxazole rings is 1. The smallest absolute Gasteiger partial charge is 0.331 e. The minimum absolute atomic E-state index is 0.241. The first-order chi connectivity index (χ1) is 16.4. The Kier molecular flexibility index (Phi) is 5.31. The number of cyclic esters (lactones) is 2. The number of carbonyl (C=O) groups is 2. The maximum atomic E-state index is 13.0. The van der Waals surface area contributed by atoms with E-state index in [1.54, 1.807) is 24.4 Å². The Morgan fingerprint density at radius 3 is 2.62 bits per heavy atom. The van der Waals surface area contributed by atoms with Crippen molar-refractivity contribution in [1.82, 2.24) is 4.98 Å². The molecule has 34 heavy (non-hydrogen) atoms. The molecule has 0 aliphatic carbocycles. The fraction of sp³-hybridized carbons (Fsp3) is 0.280. The predicted octanol–water partition coefficient (Wildman–Crippen LogP) is 3.90. The number of hydrogen-bond donors (Lipinski definition) is 0. The van der Waals surface area contributed by atoms with Crippen molar-refractivity contribution >= 4 is 29.1 Å². The number of fused-ring (bicyclic) bond motifs is 1. The average molecular weight is 461 g/mol. The zero-order valence-electron chi connectivity index (χ0n) is 19.0. The highest BCUT2D eigenvalue weighted by molar-refractivity contribution is 6.22. The Morgan fingerprint density at radius 1 is 1.15 bits per heavy atom. The largest absolute Gasteiger partial charge is 0.496 e. The maximum Gasteiger partial charge on any atom is 0.331 e. The van der Waals surface area contributed by atoms with Gasteiger partial charge in [0.2, 0.25) is 5.92 Å². The van der Waals surface area contributed by atoms with Gasteiger partial charge in [-0.15, -0.1) is 0 Å². The number of aliphatic imine (C=N–C) groups is 1. The molecule has 5 rings (SSSR count). The van der Waals surface area contributed by atoms with Crippen LogP contribution in [0.2, 0.25) is 0 Å². The Labute approximate surface area is 196 Å². The summed E-state index contributed by atoms with van der Waals surface area (Å²) >= 11 is 0. The minimum atomic E-state index is -1.33. The molecule has 3 aromatic rings. The number of hydrogen-bond acceptors (Lipinski definition) is 8. The molecule has 1 fully saturated rings. The Balaban J connectivity index is 1.61. The quantitative estimate of drug-likeness (QED) is 0.249. The van der Waals surface area contributed by atoms with Crippen molar-refractivity contribution in [3.05, 3.63) is 60.6 Å². The van der Waals surface area contributed by atoms with Crippen LogP contribution >= 0.6 is 0 Å². The van der Waals surface area contributed by atoms with Crippen LogP contribution in [0.15, 0.2) is 64.5 Å². The second-order valence-corrected chi connectivity index (χ2v) is 8.43. The standard InChI is InChI=1S/C25H23N3O6/c1-25(2)33-23(29)21(24(30)34-25)22(28-11-10-15-6-4-5-7-18(15)28)27-16-8-9-17(19(12-16)31-3)20-13-26-14-32-20/h4-9,12-14,21H,10-11H2,1-3H3. The summed E-state index contributed by atoms with van der Waals surface area (Å²) in [6.45, 7) is 3.61. The number of methoxy groups -OCH3 is 1. The van der Waals surface area contributed by atoms with E-state index < -0.39 is 23.6 Å². The van der Waals surface area contributed by atoms with Gasteiger partial charge < -0.3 is 23.5 Å². The molecule has 0 spiro atoms. The van der Waals surface area contributed by atoms with Crippen molar-refractivity contribution in [2.45, 2.75) is 26.1 Å². The lowest BCUT2D eigenvalue weighted by atomic mass is 10.0. The molecule has 9 nitrogen and oxygen atoms in total. The molecule has 174 valence electrons. The molecular weight excluding hydrogens is 438 g/mol. The van der Waals surface area contributed by atoms with Crippen molar-refractivity contribution in [2.75, 3.05) is 18.6 Å². The van der Waals surface area contributed by atoms with Crippen LogP contribution < -0.4 is 9.64 Å². The van der Waals surface area contributed by atoms with E-state index in [4.69, 9.17) is 23.6 Å². The lowest BCUT2D eigenvalue weighted by molar-refractivity contribution is -0.235. The summed E-state index contributed by atoms with van der Waals surface area (Å²) in [4.78, 5) is 36.5. The molecule has 0 unspecified atom stereocenters. The van der Waals surface area contributed by atoms with Gasteiger partial charge in [-0.1, -0.05) is 18.2 Å². The van der Waals surface area contributed by atoms with Crippen LogP contribution in [0.4, 0.5) is 11.4 Å². The van der Waals surface area contributed by atoms with Gasteiger partial charge in [0.05, 0.1) is 24.6 Å². The molecule has 9 heteroatoms. The van der Waals surface area contributed by atoms with Crippen molar-refractivity contribution in [2.24, 2.45) is 10.9 Å². The zero-order valence-corrected chi connectivity index (χ0v) is 19.0. The third kappa shape index (κ3) is 3.89. The summed E-state index contributed by atoms with van der Waals surface area (Å²) in [6, 6.07) is 13.1. The summed E-state index contributed by atoms with van der Waals surface area (Å²) in [7, 11) is 1.54. The Bertz CT molecular complexity index is 1260. The monoisotopic (exact) mass is 461 g/mol. The van der Waals surface area contributed by atoms with Gasteiger partial charge in [0, 0.05) is 32.1 Å². The zero-order chi connectivity index (χ0) is 23.9. The van der Waals surface area contributed by atoms with Crippen molar-refractivity contribution in [3.8, 4) is 17.1 Å². The van der Waals surface area contributed by atoms with Crippen LogP contribution in [-0.2, 0) is 25.5 Å². The van der Waals surface area contributed by atoms with Gasteiger partial charge in [-0.05, 0) is 30.2 Å². The number of anilines is 1. The van der Waals surface area contributed by atoms with Gasteiger partial charge in [0.1, 0.15) is 11.6 Å². The van der Waals surface area contributed by atoms with Crippen molar-refractivity contribution in [1.29, 1.82) is 0 Å². The first-order valence-corrected chi connectivity index (χ1v) is 10.8. The van der Waals surface area contributed by atoms with E-state index in [2.05, 4.69) is 4.98 Å². The van der Waals surface area contributed by atoms with E-state index in [1.165, 1.54) is 27.4 Å². The lowest BCUT2D eigenvalue weighted by Gasteiger charge is -2.35. The van der Waals surface area contributed by atoms with Gasteiger partial charge in [-0.25, -0.2) is 9.98 Å². The number of esters is 2. The average Bonchev–Trinajstić information content (AvgIpc) is 3.47. The highest BCUT2D eigenvalue weighted by Gasteiger charge is 2.48. The number of nitrogens with zero attached hydrogens (tertiary/aromatic N) is 3. The molecule has 2 aromatic carbocycles. The van der Waals surface area contributed by atoms with Crippen LogP contribution in [0.3, 0.4) is 0 Å². The number of ether oxygens (including phenoxy) is 3. The van der Waals surface area contributed by atoms with Crippen LogP contribution in [0.25, 0.3) is 11.3 Å². The molecule has 0 saturated carbocycles. The van der Waals surface area contributed by atoms with E-state index in [0.29, 0.717) is 29.3 Å².